The van der Waals surface area contributed by atoms with Gasteiger partial charge in [-0.2, -0.15) is 0 Å². The molecule has 1 aromatic carbocycles. The Bertz CT molecular complexity index is 609. The molecule has 7 nitrogen and oxygen atoms in total. The molecule has 2 aliphatic rings. The van der Waals surface area contributed by atoms with Crippen molar-refractivity contribution in [3.63, 3.8) is 0 Å². The molecule has 25 heavy (non-hydrogen) atoms. The Balaban J connectivity index is 1.67. The van der Waals surface area contributed by atoms with Crippen molar-refractivity contribution in [1.29, 1.82) is 0 Å². The normalized spacial score (nSPS) is 22.0. The minimum atomic E-state index is -0.0514. The van der Waals surface area contributed by atoms with Crippen molar-refractivity contribution in [1.82, 2.24) is 9.80 Å². The monoisotopic (exact) mass is 350 g/mol. The molecule has 2 aliphatic heterocycles. The van der Waals surface area contributed by atoms with Gasteiger partial charge in [0.25, 0.3) is 5.91 Å². The van der Waals surface area contributed by atoms with E-state index < -0.39 is 0 Å². The Morgan fingerprint density at radius 2 is 2.00 bits per heavy atom. The van der Waals surface area contributed by atoms with Gasteiger partial charge in [0.05, 0.1) is 6.61 Å². The van der Waals surface area contributed by atoms with Crippen molar-refractivity contribution >= 4 is 5.91 Å². The minimum Gasteiger partial charge on any atom is -0.454 e. The molecule has 0 aliphatic carbocycles. The molecule has 1 aromatic rings. The molecule has 138 valence electrons. The van der Waals surface area contributed by atoms with Crippen LogP contribution in [0.4, 0.5) is 0 Å². The maximum Gasteiger partial charge on any atom is 0.254 e. The standard InChI is InChI=1S/C18H26N2O5/c1-2-19(5-6-21)8-14-9-20(10-15(14)11-22)18(23)13-3-4-16-17(7-13)25-12-24-16/h3-4,7,14-15,21-22H,2,5-6,8-12H2,1H3/t14-,15-/m1/s1. The first-order valence-electron chi connectivity index (χ1n) is 8.79. The van der Waals surface area contributed by atoms with Crippen LogP contribution in [-0.2, 0) is 0 Å². The van der Waals surface area contributed by atoms with E-state index >= 15 is 0 Å². The molecular formula is C18H26N2O5. The van der Waals surface area contributed by atoms with Crippen molar-refractivity contribution in [3.8, 4) is 11.5 Å². The molecule has 1 amide bonds. The van der Waals surface area contributed by atoms with Crippen molar-refractivity contribution < 1.29 is 24.5 Å². The van der Waals surface area contributed by atoms with Gasteiger partial charge in [0.1, 0.15) is 0 Å². The highest BCUT2D eigenvalue weighted by molar-refractivity contribution is 5.95. The molecule has 0 radical (unpaired) electrons. The van der Waals surface area contributed by atoms with Crippen LogP contribution in [0.3, 0.4) is 0 Å². The summed E-state index contributed by atoms with van der Waals surface area (Å²) < 4.78 is 10.6. The molecule has 0 aromatic heterocycles. The van der Waals surface area contributed by atoms with E-state index in [2.05, 4.69) is 4.90 Å². The lowest BCUT2D eigenvalue weighted by molar-refractivity contribution is 0.0778. The third-order valence-electron chi connectivity index (χ3n) is 5.07. The zero-order chi connectivity index (χ0) is 17.8. The van der Waals surface area contributed by atoms with Gasteiger partial charge in [0.15, 0.2) is 11.5 Å². The van der Waals surface area contributed by atoms with E-state index in [1.54, 1.807) is 23.1 Å². The van der Waals surface area contributed by atoms with Crippen LogP contribution in [0.1, 0.15) is 17.3 Å². The molecule has 3 rings (SSSR count). The average molecular weight is 350 g/mol. The van der Waals surface area contributed by atoms with E-state index in [-0.39, 0.29) is 37.7 Å². The fourth-order valence-corrected chi connectivity index (χ4v) is 3.58. The van der Waals surface area contributed by atoms with E-state index in [1.807, 2.05) is 6.92 Å². The van der Waals surface area contributed by atoms with E-state index in [4.69, 9.17) is 14.6 Å². The number of hydrogen-bond acceptors (Lipinski definition) is 6. The van der Waals surface area contributed by atoms with Crippen LogP contribution in [0.25, 0.3) is 0 Å². The molecule has 1 fully saturated rings. The van der Waals surface area contributed by atoms with E-state index in [0.29, 0.717) is 36.7 Å². The van der Waals surface area contributed by atoms with E-state index in [1.165, 1.54) is 0 Å². The zero-order valence-corrected chi connectivity index (χ0v) is 14.6. The Hall–Kier alpha value is -1.83. The molecule has 2 heterocycles. The van der Waals surface area contributed by atoms with Crippen LogP contribution in [0.15, 0.2) is 18.2 Å². The summed E-state index contributed by atoms with van der Waals surface area (Å²) in [5.41, 5.74) is 0.573. The summed E-state index contributed by atoms with van der Waals surface area (Å²) in [5, 5.41) is 18.9. The number of likely N-dealkylation sites (tertiary alicyclic amines) is 1. The van der Waals surface area contributed by atoms with Crippen molar-refractivity contribution in [2.75, 3.05) is 52.7 Å². The topological polar surface area (TPSA) is 82.5 Å². The number of hydrogen-bond donors (Lipinski definition) is 2. The van der Waals surface area contributed by atoms with Crippen molar-refractivity contribution in [2.24, 2.45) is 11.8 Å². The Morgan fingerprint density at radius 3 is 2.72 bits per heavy atom. The molecule has 2 atom stereocenters. The highest BCUT2D eigenvalue weighted by Gasteiger charge is 2.36. The summed E-state index contributed by atoms with van der Waals surface area (Å²) in [6, 6.07) is 5.23. The van der Waals surface area contributed by atoms with E-state index in [9.17, 15) is 9.90 Å². The zero-order valence-electron chi connectivity index (χ0n) is 14.6. The predicted molar refractivity (Wildman–Crippen MR) is 91.7 cm³/mol. The number of fused-ring (bicyclic) bond motifs is 1. The van der Waals surface area contributed by atoms with Crippen molar-refractivity contribution in [3.05, 3.63) is 23.8 Å². The maximum absolute atomic E-state index is 12.8. The molecule has 0 bridgehead atoms. The first-order valence-corrected chi connectivity index (χ1v) is 8.79. The van der Waals surface area contributed by atoms with Crippen LogP contribution in [-0.4, -0.2) is 78.7 Å². The van der Waals surface area contributed by atoms with Crippen LogP contribution in [0, 0.1) is 11.8 Å². The second kappa shape index (κ2) is 8.03. The number of aliphatic hydroxyl groups excluding tert-OH is 2. The molecular weight excluding hydrogens is 324 g/mol. The van der Waals surface area contributed by atoms with Gasteiger partial charge in [-0.3, -0.25) is 4.79 Å². The lowest BCUT2D eigenvalue weighted by Gasteiger charge is -2.25. The number of nitrogens with zero attached hydrogens (tertiary/aromatic N) is 2. The summed E-state index contributed by atoms with van der Waals surface area (Å²) in [6.07, 6.45) is 0. The third kappa shape index (κ3) is 3.89. The van der Waals surface area contributed by atoms with E-state index in [0.717, 1.165) is 13.1 Å². The lowest BCUT2D eigenvalue weighted by Crippen LogP contribution is -2.36. The lowest BCUT2D eigenvalue weighted by atomic mass is 9.96. The van der Waals surface area contributed by atoms with Gasteiger partial charge in [0, 0.05) is 44.3 Å². The van der Waals surface area contributed by atoms with Gasteiger partial charge in [0.2, 0.25) is 6.79 Å². The molecule has 0 spiro atoms. The fraction of sp³-hybridized carbons (Fsp3) is 0.611. The van der Waals surface area contributed by atoms with Gasteiger partial charge < -0.3 is 29.5 Å². The summed E-state index contributed by atoms with van der Waals surface area (Å²) in [7, 11) is 0. The molecule has 1 saturated heterocycles. The number of carbonyl (C=O) groups is 1. The largest absolute Gasteiger partial charge is 0.454 e. The Morgan fingerprint density at radius 1 is 1.24 bits per heavy atom. The van der Waals surface area contributed by atoms with Crippen LogP contribution in [0.2, 0.25) is 0 Å². The number of likely N-dealkylation sites (N-methyl/N-ethyl adjacent to an activating group) is 1. The number of carbonyl (C=O) groups excluding carboxylic acids is 1. The first-order chi connectivity index (χ1) is 12.2. The Labute approximate surface area is 147 Å². The van der Waals surface area contributed by atoms with Crippen molar-refractivity contribution in [2.45, 2.75) is 6.92 Å². The van der Waals surface area contributed by atoms with Gasteiger partial charge in [-0.15, -0.1) is 0 Å². The summed E-state index contributed by atoms with van der Waals surface area (Å²) in [6.45, 7) is 5.79. The smallest absolute Gasteiger partial charge is 0.254 e. The SMILES string of the molecule is CCN(CCO)C[C@@H]1CN(C(=O)c2ccc3c(c2)OCO3)C[C@@H]1CO. The second-order valence-corrected chi connectivity index (χ2v) is 6.60. The third-order valence-corrected chi connectivity index (χ3v) is 5.07. The van der Waals surface area contributed by atoms with Crippen LogP contribution < -0.4 is 9.47 Å². The van der Waals surface area contributed by atoms with Crippen LogP contribution >= 0.6 is 0 Å². The van der Waals surface area contributed by atoms with Gasteiger partial charge in [-0.25, -0.2) is 0 Å². The average Bonchev–Trinajstić information content (AvgIpc) is 3.26. The van der Waals surface area contributed by atoms with Crippen LogP contribution in [0.5, 0.6) is 11.5 Å². The van der Waals surface area contributed by atoms with Gasteiger partial charge in [-0.05, 0) is 30.7 Å². The molecule has 2 N–H and O–H groups in total. The fourth-order valence-electron chi connectivity index (χ4n) is 3.58. The molecule has 0 unspecified atom stereocenters. The van der Waals surface area contributed by atoms with Gasteiger partial charge >= 0.3 is 0 Å². The predicted octanol–water partition coefficient (Wildman–Crippen LogP) is 0.410. The number of ether oxygens (including phenoxy) is 2. The second-order valence-electron chi connectivity index (χ2n) is 6.60. The highest BCUT2D eigenvalue weighted by Crippen LogP contribution is 2.33. The minimum absolute atomic E-state index is 0.0514. The number of aliphatic hydroxyl groups is 2. The number of benzene rings is 1. The summed E-state index contributed by atoms with van der Waals surface area (Å²) >= 11 is 0. The Kier molecular flexibility index (Phi) is 5.78. The quantitative estimate of drug-likeness (QED) is 0.741. The summed E-state index contributed by atoms with van der Waals surface area (Å²) in [4.78, 5) is 16.8. The summed E-state index contributed by atoms with van der Waals surface area (Å²) in [5.74, 6) is 1.47. The molecule has 0 saturated carbocycles. The highest BCUT2D eigenvalue weighted by atomic mass is 16.7. The number of amides is 1. The van der Waals surface area contributed by atoms with Gasteiger partial charge in [-0.1, -0.05) is 6.92 Å². The maximum atomic E-state index is 12.8. The molecule has 7 heteroatoms. The first kappa shape index (κ1) is 18.0. The number of rotatable bonds is 7.